The topological polar surface area (TPSA) is 29.5 Å². The first-order valence-electron chi connectivity index (χ1n) is 6.63. The molecular weight excluding hydrogens is 246 g/mol. The smallest absolute Gasteiger partial charge is 0.310 e. The number of nitrogens with zero attached hydrogens (tertiary/aromatic N) is 1. The van der Waals surface area contributed by atoms with E-state index >= 15 is 0 Å². The number of hydrogen-bond donors (Lipinski definition) is 0. The molecule has 1 atom stereocenters. The summed E-state index contributed by atoms with van der Waals surface area (Å²) in [6.45, 7) is 7.38. The first-order valence-corrected chi connectivity index (χ1v) is 7.45. The van der Waals surface area contributed by atoms with Gasteiger partial charge in [-0.25, -0.2) is 0 Å². The predicted molar refractivity (Wildman–Crippen MR) is 73.7 cm³/mol. The molecule has 0 radical (unpaired) electrons. The van der Waals surface area contributed by atoms with Gasteiger partial charge in [-0.05, 0) is 45.4 Å². The SMILES string of the molecule is CCOC(=O)C1CCCN(Cc2ccc(C)s2)C1. The Morgan fingerprint density at radius 1 is 1.56 bits per heavy atom. The van der Waals surface area contributed by atoms with E-state index in [4.69, 9.17) is 4.74 Å². The van der Waals surface area contributed by atoms with E-state index in [0.717, 1.165) is 32.5 Å². The second kappa shape index (κ2) is 6.34. The van der Waals surface area contributed by atoms with Crippen molar-refractivity contribution in [1.82, 2.24) is 4.90 Å². The van der Waals surface area contributed by atoms with Gasteiger partial charge in [0, 0.05) is 22.8 Å². The van der Waals surface area contributed by atoms with Gasteiger partial charge in [-0.2, -0.15) is 0 Å². The molecule has 0 saturated carbocycles. The molecule has 1 unspecified atom stereocenters. The minimum atomic E-state index is -0.0236. The summed E-state index contributed by atoms with van der Waals surface area (Å²) >= 11 is 1.84. The van der Waals surface area contributed by atoms with Crippen molar-refractivity contribution in [3.8, 4) is 0 Å². The predicted octanol–water partition coefficient (Wildman–Crippen LogP) is 2.83. The van der Waals surface area contributed by atoms with E-state index < -0.39 is 0 Å². The summed E-state index contributed by atoms with van der Waals surface area (Å²) in [5.41, 5.74) is 0. The largest absolute Gasteiger partial charge is 0.466 e. The van der Waals surface area contributed by atoms with E-state index in [-0.39, 0.29) is 11.9 Å². The van der Waals surface area contributed by atoms with Gasteiger partial charge in [-0.15, -0.1) is 11.3 Å². The molecule has 0 aliphatic carbocycles. The molecule has 0 bridgehead atoms. The average Bonchev–Trinajstić information content (AvgIpc) is 2.75. The van der Waals surface area contributed by atoms with Crippen LogP contribution in [0.25, 0.3) is 0 Å². The molecule has 1 aliphatic heterocycles. The molecular formula is C14H21NO2S. The summed E-state index contributed by atoms with van der Waals surface area (Å²) in [6.07, 6.45) is 2.06. The molecule has 18 heavy (non-hydrogen) atoms. The normalized spacial score (nSPS) is 20.9. The molecule has 100 valence electrons. The molecule has 0 spiro atoms. The molecule has 4 heteroatoms. The molecule has 2 rings (SSSR count). The maximum Gasteiger partial charge on any atom is 0.310 e. The second-order valence-electron chi connectivity index (χ2n) is 4.84. The van der Waals surface area contributed by atoms with Gasteiger partial charge >= 0.3 is 5.97 Å². The molecule has 1 aliphatic rings. The van der Waals surface area contributed by atoms with Crippen LogP contribution in [0, 0.1) is 12.8 Å². The van der Waals surface area contributed by atoms with Crippen molar-refractivity contribution in [3.63, 3.8) is 0 Å². The van der Waals surface area contributed by atoms with Crippen LogP contribution in [0.3, 0.4) is 0 Å². The third-order valence-electron chi connectivity index (χ3n) is 3.30. The van der Waals surface area contributed by atoms with Crippen molar-refractivity contribution >= 4 is 17.3 Å². The van der Waals surface area contributed by atoms with Crippen molar-refractivity contribution in [2.45, 2.75) is 33.2 Å². The van der Waals surface area contributed by atoms with Crippen LogP contribution in [0.1, 0.15) is 29.5 Å². The van der Waals surface area contributed by atoms with Crippen molar-refractivity contribution in [1.29, 1.82) is 0 Å². The van der Waals surface area contributed by atoms with Crippen LogP contribution < -0.4 is 0 Å². The molecule has 0 amide bonds. The van der Waals surface area contributed by atoms with Crippen molar-refractivity contribution < 1.29 is 9.53 Å². The van der Waals surface area contributed by atoms with E-state index in [2.05, 4.69) is 24.0 Å². The summed E-state index contributed by atoms with van der Waals surface area (Å²) < 4.78 is 5.12. The fourth-order valence-corrected chi connectivity index (χ4v) is 3.37. The number of rotatable bonds is 4. The number of likely N-dealkylation sites (tertiary alicyclic amines) is 1. The zero-order chi connectivity index (χ0) is 13.0. The van der Waals surface area contributed by atoms with Gasteiger partial charge in [-0.1, -0.05) is 0 Å². The van der Waals surface area contributed by atoms with Gasteiger partial charge in [0.1, 0.15) is 0 Å². The van der Waals surface area contributed by atoms with Crippen LogP contribution in [0.5, 0.6) is 0 Å². The summed E-state index contributed by atoms with van der Waals surface area (Å²) in [5.74, 6) is 0.0457. The first-order chi connectivity index (χ1) is 8.69. The van der Waals surface area contributed by atoms with Crippen LogP contribution in [0.15, 0.2) is 12.1 Å². The zero-order valence-corrected chi connectivity index (χ0v) is 12.0. The number of aryl methyl sites for hydroxylation is 1. The van der Waals surface area contributed by atoms with Crippen LogP contribution in [-0.4, -0.2) is 30.6 Å². The minimum Gasteiger partial charge on any atom is -0.466 e. The summed E-state index contributed by atoms with van der Waals surface area (Å²) in [7, 11) is 0. The number of carbonyl (C=O) groups excluding carboxylic acids is 1. The number of ether oxygens (including phenoxy) is 1. The lowest BCUT2D eigenvalue weighted by Gasteiger charge is -2.31. The Bertz CT molecular complexity index is 402. The van der Waals surface area contributed by atoms with Crippen molar-refractivity contribution in [3.05, 3.63) is 21.9 Å². The van der Waals surface area contributed by atoms with Crippen molar-refractivity contribution in [2.75, 3.05) is 19.7 Å². The number of carbonyl (C=O) groups is 1. The molecule has 0 N–H and O–H groups in total. The summed E-state index contributed by atoms with van der Waals surface area (Å²) in [6, 6.07) is 4.35. The van der Waals surface area contributed by atoms with Crippen molar-refractivity contribution in [2.24, 2.45) is 5.92 Å². The van der Waals surface area contributed by atoms with Gasteiger partial charge in [0.15, 0.2) is 0 Å². The quantitative estimate of drug-likeness (QED) is 0.786. The second-order valence-corrected chi connectivity index (χ2v) is 6.21. The van der Waals surface area contributed by atoms with Crippen LogP contribution in [0.2, 0.25) is 0 Å². The average molecular weight is 267 g/mol. The Labute approximate surface area is 113 Å². The molecule has 3 nitrogen and oxygen atoms in total. The molecule has 1 aromatic rings. The Hall–Kier alpha value is -0.870. The minimum absolute atomic E-state index is 0.0236. The highest BCUT2D eigenvalue weighted by molar-refractivity contribution is 7.11. The van der Waals surface area contributed by atoms with Gasteiger partial charge in [0.05, 0.1) is 12.5 Å². The number of thiophene rings is 1. The third kappa shape index (κ3) is 3.56. The number of hydrogen-bond acceptors (Lipinski definition) is 4. The molecule has 1 fully saturated rings. The van der Waals surface area contributed by atoms with E-state index in [0.29, 0.717) is 6.61 Å². The van der Waals surface area contributed by atoms with Crippen LogP contribution >= 0.6 is 11.3 Å². The Balaban J connectivity index is 1.88. The lowest BCUT2D eigenvalue weighted by Crippen LogP contribution is -2.38. The fraction of sp³-hybridized carbons (Fsp3) is 0.643. The van der Waals surface area contributed by atoms with E-state index in [1.807, 2.05) is 18.3 Å². The van der Waals surface area contributed by atoms with Gasteiger partial charge in [0.2, 0.25) is 0 Å². The lowest BCUT2D eigenvalue weighted by atomic mass is 9.98. The highest BCUT2D eigenvalue weighted by Crippen LogP contribution is 2.22. The summed E-state index contributed by atoms with van der Waals surface area (Å²) in [5, 5.41) is 0. The monoisotopic (exact) mass is 267 g/mol. The Morgan fingerprint density at radius 3 is 3.06 bits per heavy atom. The van der Waals surface area contributed by atoms with E-state index in [1.165, 1.54) is 9.75 Å². The Morgan fingerprint density at radius 2 is 2.39 bits per heavy atom. The maximum atomic E-state index is 11.8. The lowest BCUT2D eigenvalue weighted by molar-refractivity contribution is -0.150. The van der Waals surface area contributed by atoms with Gasteiger partial charge in [-0.3, -0.25) is 9.69 Å². The van der Waals surface area contributed by atoms with E-state index in [9.17, 15) is 4.79 Å². The van der Waals surface area contributed by atoms with Gasteiger partial charge in [0.25, 0.3) is 0 Å². The van der Waals surface area contributed by atoms with E-state index in [1.54, 1.807) is 0 Å². The van der Waals surface area contributed by atoms with Crippen LogP contribution in [0.4, 0.5) is 0 Å². The number of esters is 1. The third-order valence-corrected chi connectivity index (χ3v) is 4.29. The molecule has 1 saturated heterocycles. The number of piperidine rings is 1. The summed E-state index contributed by atoms with van der Waals surface area (Å²) in [4.78, 5) is 16.9. The highest BCUT2D eigenvalue weighted by atomic mass is 32.1. The highest BCUT2D eigenvalue weighted by Gasteiger charge is 2.26. The van der Waals surface area contributed by atoms with Crippen LogP contribution in [-0.2, 0) is 16.1 Å². The first kappa shape index (κ1) is 13.6. The molecule has 1 aromatic heterocycles. The Kier molecular flexibility index (Phi) is 4.78. The molecule has 0 aromatic carbocycles. The zero-order valence-electron chi connectivity index (χ0n) is 11.1. The molecule has 2 heterocycles. The maximum absolute atomic E-state index is 11.8. The van der Waals surface area contributed by atoms with Gasteiger partial charge < -0.3 is 4.74 Å². The standard InChI is InChI=1S/C14H21NO2S/c1-3-17-14(16)12-5-4-8-15(9-12)10-13-7-6-11(2)18-13/h6-7,12H,3-5,8-10H2,1-2H3. The fourth-order valence-electron chi connectivity index (χ4n) is 2.44.